The first kappa shape index (κ1) is 12.5. The van der Waals surface area contributed by atoms with Crippen molar-refractivity contribution in [2.75, 3.05) is 0 Å². The summed E-state index contributed by atoms with van der Waals surface area (Å²) in [5.41, 5.74) is 0.194. The van der Waals surface area contributed by atoms with Gasteiger partial charge in [0.2, 0.25) is 11.7 Å². The van der Waals surface area contributed by atoms with Crippen LogP contribution < -0.4 is 0 Å². The van der Waals surface area contributed by atoms with Gasteiger partial charge in [0, 0.05) is 12.0 Å². The molecule has 1 fully saturated rings. The van der Waals surface area contributed by atoms with Gasteiger partial charge in [-0.25, -0.2) is 0 Å². The molecular weight excluding hydrogens is 262 g/mol. The number of carbonyl (C=O) groups is 1. The van der Waals surface area contributed by atoms with Crippen molar-refractivity contribution in [2.45, 2.75) is 19.3 Å². The lowest BCUT2D eigenvalue weighted by atomic mass is 10.1. The van der Waals surface area contributed by atoms with Gasteiger partial charge in [0.25, 0.3) is 5.69 Å². The highest BCUT2D eigenvalue weighted by Crippen LogP contribution is 2.31. The number of para-hydroxylation sites is 1. The highest BCUT2D eigenvalue weighted by atomic mass is 16.6. The Balaban J connectivity index is 1.86. The smallest absolute Gasteiger partial charge is 0.280 e. The highest BCUT2D eigenvalue weighted by molar-refractivity contribution is 5.84. The molecule has 1 heterocycles. The van der Waals surface area contributed by atoms with E-state index in [9.17, 15) is 14.9 Å². The second-order valence-electron chi connectivity index (χ2n) is 4.70. The Morgan fingerprint density at radius 1 is 1.40 bits per heavy atom. The highest BCUT2D eigenvalue weighted by Gasteiger charge is 2.30. The van der Waals surface area contributed by atoms with Crippen molar-refractivity contribution in [2.24, 2.45) is 5.92 Å². The molecule has 1 saturated carbocycles. The average Bonchev–Trinajstić information content (AvgIpc) is 3.20. The lowest BCUT2D eigenvalue weighted by Crippen LogP contribution is -2.04. The molecule has 7 nitrogen and oxygen atoms in total. The number of benzene rings is 1. The maximum atomic E-state index is 11.7. The van der Waals surface area contributed by atoms with Gasteiger partial charge in [-0.3, -0.25) is 14.9 Å². The fourth-order valence-corrected chi connectivity index (χ4v) is 1.96. The van der Waals surface area contributed by atoms with Crippen molar-refractivity contribution >= 4 is 11.5 Å². The maximum Gasteiger partial charge on any atom is 0.280 e. The quantitative estimate of drug-likeness (QED) is 0.611. The topological polar surface area (TPSA) is 99.1 Å². The van der Waals surface area contributed by atoms with Crippen LogP contribution in [0, 0.1) is 16.0 Å². The van der Waals surface area contributed by atoms with Gasteiger partial charge in [-0.15, -0.1) is 0 Å². The molecule has 0 N–H and O–H groups in total. The maximum absolute atomic E-state index is 11.7. The van der Waals surface area contributed by atoms with Crippen LogP contribution in [-0.4, -0.2) is 20.8 Å². The van der Waals surface area contributed by atoms with Crippen molar-refractivity contribution in [1.29, 1.82) is 0 Å². The Bertz CT molecular complexity index is 676. The summed E-state index contributed by atoms with van der Waals surface area (Å²) in [5.74, 6) is 0.546. The van der Waals surface area contributed by atoms with Crippen molar-refractivity contribution < 1.29 is 14.2 Å². The first-order chi connectivity index (χ1) is 9.65. The molecule has 3 rings (SSSR count). The molecule has 2 aromatic rings. The third kappa shape index (κ3) is 2.42. The summed E-state index contributed by atoms with van der Waals surface area (Å²) in [6.45, 7) is 0. The third-order valence-electron chi connectivity index (χ3n) is 3.17. The van der Waals surface area contributed by atoms with E-state index in [0.717, 1.165) is 12.8 Å². The van der Waals surface area contributed by atoms with Gasteiger partial charge >= 0.3 is 0 Å². The van der Waals surface area contributed by atoms with Gasteiger partial charge in [0.05, 0.1) is 11.3 Å². The first-order valence-corrected chi connectivity index (χ1v) is 6.24. The van der Waals surface area contributed by atoms with Crippen LogP contribution in [0.15, 0.2) is 28.8 Å². The molecule has 102 valence electrons. The number of Topliss-reactive ketones (excluding diaryl/α,β-unsaturated/α-hetero) is 1. The fourth-order valence-electron chi connectivity index (χ4n) is 1.96. The molecule has 0 amide bonds. The van der Waals surface area contributed by atoms with Crippen molar-refractivity contribution in [1.82, 2.24) is 10.1 Å². The van der Waals surface area contributed by atoms with E-state index in [-0.39, 0.29) is 41.1 Å². The van der Waals surface area contributed by atoms with Crippen molar-refractivity contribution in [3.63, 3.8) is 0 Å². The van der Waals surface area contributed by atoms with Crippen molar-refractivity contribution in [3.8, 4) is 11.4 Å². The number of hydrogen-bond donors (Lipinski definition) is 0. The van der Waals surface area contributed by atoms with Crippen molar-refractivity contribution in [3.05, 3.63) is 40.3 Å². The second-order valence-corrected chi connectivity index (χ2v) is 4.70. The predicted octanol–water partition coefficient (Wildman–Crippen LogP) is 2.17. The Labute approximate surface area is 113 Å². The van der Waals surface area contributed by atoms with E-state index >= 15 is 0 Å². The summed E-state index contributed by atoms with van der Waals surface area (Å²) in [5, 5.41) is 14.7. The molecule has 0 aliphatic heterocycles. The lowest BCUT2D eigenvalue weighted by Gasteiger charge is -1.96. The largest absolute Gasteiger partial charge is 0.338 e. The number of nitro groups is 1. The summed E-state index contributed by atoms with van der Waals surface area (Å²) in [6.07, 6.45) is 1.94. The summed E-state index contributed by atoms with van der Waals surface area (Å²) >= 11 is 0. The van der Waals surface area contributed by atoms with E-state index < -0.39 is 4.92 Å². The van der Waals surface area contributed by atoms with Crippen LogP contribution >= 0.6 is 0 Å². The molecule has 20 heavy (non-hydrogen) atoms. The summed E-state index contributed by atoms with van der Waals surface area (Å²) in [6, 6.07) is 6.16. The molecule has 7 heteroatoms. The van der Waals surface area contributed by atoms with E-state index in [4.69, 9.17) is 4.52 Å². The normalized spacial score (nSPS) is 14.2. The van der Waals surface area contributed by atoms with Crippen LogP contribution in [0.25, 0.3) is 11.4 Å². The van der Waals surface area contributed by atoms with Gasteiger partial charge < -0.3 is 4.52 Å². The summed E-state index contributed by atoms with van der Waals surface area (Å²) in [7, 11) is 0. The summed E-state index contributed by atoms with van der Waals surface area (Å²) < 4.78 is 5.00. The van der Waals surface area contributed by atoms with Gasteiger partial charge in [0.1, 0.15) is 11.3 Å². The molecule has 0 bridgehead atoms. The number of aromatic nitrogens is 2. The molecule has 0 unspecified atom stereocenters. The molecule has 0 radical (unpaired) electrons. The van der Waals surface area contributed by atoms with Crippen LogP contribution in [0.1, 0.15) is 18.7 Å². The van der Waals surface area contributed by atoms with Crippen LogP contribution in [-0.2, 0) is 11.2 Å². The van der Waals surface area contributed by atoms with Gasteiger partial charge in [-0.05, 0) is 18.9 Å². The number of hydrogen-bond acceptors (Lipinski definition) is 6. The van der Waals surface area contributed by atoms with Gasteiger partial charge in [0.15, 0.2) is 0 Å². The lowest BCUT2D eigenvalue weighted by molar-refractivity contribution is -0.384. The van der Waals surface area contributed by atoms with Crippen LogP contribution in [0.3, 0.4) is 0 Å². The zero-order chi connectivity index (χ0) is 14.1. The van der Waals surface area contributed by atoms with E-state index in [1.807, 2.05) is 0 Å². The Hall–Kier alpha value is -2.57. The SMILES string of the molecule is O=C(Cc1nc(-c2ccccc2[N+](=O)[O-])no1)C1CC1. The molecule has 1 aliphatic carbocycles. The Morgan fingerprint density at radius 3 is 2.85 bits per heavy atom. The minimum Gasteiger partial charge on any atom is -0.338 e. The molecule has 1 aromatic carbocycles. The monoisotopic (exact) mass is 273 g/mol. The zero-order valence-electron chi connectivity index (χ0n) is 10.5. The van der Waals surface area contributed by atoms with E-state index in [1.165, 1.54) is 6.07 Å². The summed E-state index contributed by atoms with van der Waals surface area (Å²) in [4.78, 5) is 26.2. The van der Waals surface area contributed by atoms with Gasteiger partial charge in [-0.2, -0.15) is 4.98 Å². The zero-order valence-corrected chi connectivity index (χ0v) is 10.5. The number of nitrogens with zero attached hydrogens (tertiary/aromatic N) is 3. The van der Waals surface area contributed by atoms with E-state index in [0.29, 0.717) is 0 Å². The molecular formula is C13H11N3O4. The number of nitro benzene ring substituents is 1. The standard InChI is InChI=1S/C13H11N3O4/c17-11(8-5-6-8)7-12-14-13(15-20-12)9-3-1-2-4-10(9)16(18)19/h1-4,8H,5-7H2. The average molecular weight is 273 g/mol. The van der Waals surface area contributed by atoms with E-state index in [2.05, 4.69) is 10.1 Å². The minimum absolute atomic E-state index is 0.0859. The first-order valence-electron chi connectivity index (χ1n) is 6.24. The minimum atomic E-state index is -0.499. The third-order valence-corrected chi connectivity index (χ3v) is 3.17. The van der Waals surface area contributed by atoms with Crippen LogP contribution in [0.2, 0.25) is 0 Å². The van der Waals surface area contributed by atoms with E-state index in [1.54, 1.807) is 18.2 Å². The number of rotatable bonds is 5. The second kappa shape index (κ2) is 4.84. The van der Waals surface area contributed by atoms with Gasteiger partial charge in [-0.1, -0.05) is 17.3 Å². The van der Waals surface area contributed by atoms with Crippen LogP contribution in [0.4, 0.5) is 5.69 Å². The Morgan fingerprint density at radius 2 is 2.15 bits per heavy atom. The molecule has 1 aliphatic rings. The Kier molecular flexibility index (Phi) is 3.02. The fraction of sp³-hybridized carbons (Fsp3) is 0.308. The van der Waals surface area contributed by atoms with Crippen LogP contribution in [0.5, 0.6) is 0 Å². The molecule has 0 spiro atoms. The number of ketones is 1. The molecule has 0 atom stereocenters. The number of carbonyl (C=O) groups excluding carboxylic acids is 1. The predicted molar refractivity (Wildman–Crippen MR) is 67.8 cm³/mol. The molecule has 0 saturated heterocycles. The molecule has 1 aromatic heterocycles.